The van der Waals surface area contributed by atoms with Gasteiger partial charge in [-0.1, -0.05) is 0 Å². The molecule has 7 nitrogen and oxygen atoms in total. The Labute approximate surface area is 156 Å². The van der Waals surface area contributed by atoms with Crippen molar-refractivity contribution < 1.29 is 24.2 Å². The summed E-state index contributed by atoms with van der Waals surface area (Å²) in [4.78, 5) is 28.1. The van der Waals surface area contributed by atoms with Crippen LogP contribution >= 0.6 is 11.3 Å². The Morgan fingerprint density at radius 3 is 2.46 bits per heavy atom. The molecule has 0 spiro atoms. The number of hydrogen-bond acceptors (Lipinski definition) is 6. The quantitative estimate of drug-likeness (QED) is 0.766. The van der Waals surface area contributed by atoms with E-state index in [1.54, 1.807) is 32.0 Å². The van der Waals surface area contributed by atoms with Crippen molar-refractivity contribution in [3.63, 3.8) is 0 Å². The molecule has 0 aliphatic heterocycles. The Morgan fingerprint density at radius 2 is 1.92 bits per heavy atom. The number of aromatic carboxylic acids is 1. The van der Waals surface area contributed by atoms with Crippen LogP contribution in [0.5, 0.6) is 11.5 Å². The predicted molar refractivity (Wildman–Crippen MR) is 98.4 cm³/mol. The van der Waals surface area contributed by atoms with E-state index in [1.165, 1.54) is 7.11 Å². The smallest absolute Gasteiger partial charge is 0.347 e. The van der Waals surface area contributed by atoms with Crippen LogP contribution in [0.4, 0.5) is 0 Å². The number of ether oxygens (including phenoxy) is 2. The molecule has 2 N–H and O–H groups in total. The lowest BCUT2D eigenvalue weighted by molar-refractivity contribution is 0.0700. The second-order valence-corrected chi connectivity index (χ2v) is 7.03. The number of carboxylic acids is 1. The van der Waals surface area contributed by atoms with Crippen molar-refractivity contribution >= 4 is 23.2 Å². The first-order valence-electron chi connectivity index (χ1n) is 8.09. The van der Waals surface area contributed by atoms with Crippen molar-refractivity contribution in [1.29, 1.82) is 0 Å². The minimum Gasteiger partial charge on any atom is -0.493 e. The molecule has 1 aromatic carbocycles. The average molecular weight is 378 g/mol. The molecule has 2 rings (SSSR count). The lowest BCUT2D eigenvalue weighted by Crippen LogP contribution is -2.26. The molecule has 1 amide bonds. The van der Waals surface area contributed by atoms with Crippen molar-refractivity contribution in [2.45, 2.75) is 39.8 Å². The second-order valence-electron chi connectivity index (χ2n) is 6.00. The summed E-state index contributed by atoms with van der Waals surface area (Å²) in [6, 6.07) is 4.53. The van der Waals surface area contributed by atoms with Crippen molar-refractivity contribution in [2.75, 3.05) is 7.11 Å². The lowest BCUT2D eigenvalue weighted by atomic mass is 10.1. The number of carboxylic acid groups (broad SMARTS) is 1. The Balaban J connectivity index is 2.16. The third-order valence-electron chi connectivity index (χ3n) is 3.51. The molecule has 0 bridgehead atoms. The molecule has 0 fully saturated rings. The average Bonchev–Trinajstić information content (AvgIpc) is 2.96. The van der Waals surface area contributed by atoms with Crippen LogP contribution in [0, 0.1) is 6.92 Å². The Hall–Kier alpha value is -2.61. The van der Waals surface area contributed by atoms with Gasteiger partial charge >= 0.3 is 5.97 Å². The van der Waals surface area contributed by atoms with Crippen LogP contribution in [0.25, 0.3) is 0 Å². The van der Waals surface area contributed by atoms with Crippen molar-refractivity contribution in [3.05, 3.63) is 39.3 Å². The van der Waals surface area contributed by atoms with Crippen LogP contribution in [0.3, 0.4) is 0 Å². The fraction of sp³-hybridized carbons (Fsp3) is 0.389. The highest BCUT2D eigenvalue weighted by atomic mass is 32.1. The van der Waals surface area contributed by atoms with Gasteiger partial charge in [-0.3, -0.25) is 4.79 Å². The number of aryl methyl sites for hydroxylation is 1. The SMILES string of the molecule is COc1cc(C(=O)NC(C)c2nc(C)c(C(=O)O)s2)ccc1OC(C)C. The summed E-state index contributed by atoms with van der Waals surface area (Å²) in [7, 11) is 1.51. The van der Waals surface area contributed by atoms with Gasteiger partial charge in [0.2, 0.25) is 0 Å². The minimum atomic E-state index is -1.02. The van der Waals surface area contributed by atoms with E-state index in [0.717, 1.165) is 11.3 Å². The summed E-state index contributed by atoms with van der Waals surface area (Å²) in [5, 5.41) is 12.5. The zero-order chi connectivity index (χ0) is 19.4. The van der Waals surface area contributed by atoms with Crippen molar-refractivity contribution in [1.82, 2.24) is 10.3 Å². The van der Waals surface area contributed by atoms with E-state index in [-0.39, 0.29) is 16.9 Å². The van der Waals surface area contributed by atoms with Gasteiger partial charge in [0, 0.05) is 5.56 Å². The standard InChI is InChI=1S/C18H22N2O5S/c1-9(2)25-13-7-6-12(8-14(13)24-5)16(21)19-11(4)17-20-10(3)15(26-17)18(22)23/h6-9,11H,1-5H3,(H,19,21)(H,22,23). The molecular formula is C18H22N2O5S. The van der Waals surface area contributed by atoms with Gasteiger partial charge in [-0.05, 0) is 45.9 Å². The first-order valence-corrected chi connectivity index (χ1v) is 8.90. The predicted octanol–water partition coefficient (Wildman–Crippen LogP) is 3.44. The Kier molecular flexibility index (Phi) is 6.20. The number of hydrogen-bond donors (Lipinski definition) is 2. The molecule has 1 atom stereocenters. The van der Waals surface area contributed by atoms with Crippen LogP contribution in [0.1, 0.15) is 57.5 Å². The molecule has 0 radical (unpaired) electrons. The van der Waals surface area contributed by atoms with Gasteiger partial charge in [-0.2, -0.15) is 0 Å². The monoisotopic (exact) mass is 378 g/mol. The molecule has 0 saturated carbocycles. The molecule has 26 heavy (non-hydrogen) atoms. The minimum absolute atomic E-state index is 0.0137. The van der Waals surface area contributed by atoms with Crippen LogP contribution in [-0.4, -0.2) is 35.2 Å². The van der Waals surface area contributed by atoms with E-state index in [0.29, 0.717) is 27.8 Å². The van der Waals surface area contributed by atoms with Crippen LogP contribution in [0.15, 0.2) is 18.2 Å². The molecule has 1 aromatic heterocycles. The number of aromatic nitrogens is 1. The molecule has 2 aromatic rings. The maximum Gasteiger partial charge on any atom is 0.347 e. The van der Waals surface area contributed by atoms with Gasteiger partial charge < -0.3 is 19.9 Å². The number of nitrogens with zero attached hydrogens (tertiary/aromatic N) is 1. The highest BCUT2D eigenvalue weighted by Crippen LogP contribution is 2.29. The van der Waals surface area contributed by atoms with Gasteiger partial charge in [-0.25, -0.2) is 9.78 Å². The molecule has 0 aliphatic carbocycles. The zero-order valence-corrected chi connectivity index (χ0v) is 16.1. The molecule has 0 aliphatic rings. The number of carbonyl (C=O) groups is 2. The zero-order valence-electron chi connectivity index (χ0n) is 15.3. The van der Waals surface area contributed by atoms with Gasteiger partial charge in [0.1, 0.15) is 9.88 Å². The summed E-state index contributed by atoms with van der Waals surface area (Å²) >= 11 is 1.06. The van der Waals surface area contributed by atoms with E-state index >= 15 is 0 Å². The van der Waals surface area contributed by atoms with Crippen molar-refractivity contribution in [3.8, 4) is 11.5 Å². The normalized spacial score (nSPS) is 11.9. The largest absolute Gasteiger partial charge is 0.493 e. The summed E-state index contributed by atoms with van der Waals surface area (Å²) in [5.41, 5.74) is 0.854. The number of amides is 1. The molecule has 140 valence electrons. The first-order chi connectivity index (χ1) is 12.2. The van der Waals surface area contributed by atoms with Gasteiger partial charge in [0.15, 0.2) is 11.5 Å². The summed E-state index contributed by atoms with van der Waals surface area (Å²) in [6.07, 6.45) is -0.0137. The highest BCUT2D eigenvalue weighted by Gasteiger charge is 2.20. The van der Waals surface area contributed by atoms with Gasteiger partial charge in [0.25, 0.3) is 5.91 Å². The van der Waals surface area contributed by atoms with Crippen LogP contribution < -0.4 is 14.8 Å². The fourth-order valence-corrected chi connectivity index (χ4v) is 3.21. The van der Waals surface area contributed by atoms with Gasteiger partial charge in [0.05, 0.1) is 24.9 Å². The molecule has 8 heteroatoms. The number of nitrogens with one attached hydrogen (secondary N) is 1. The second kappa shape index (κ2) is 8.18. The van der Waals surface area contributed by atoms with Gasteiger partial charge in [-0.15, -0.1) is 11.3 Å². The number of methoxy groups -OCH3 is 1. The van der Waals surface area contributed by atoms with E-state index in [2.05, 4.69) is 10.3 Å². The first kappa shape index (κ1) is 19.7. The van der Waals surface area contributed by atoms with Crippen LogP contribution in [0.2, 0.25) is 0 Å². The number of carbonyl (C=O) groups excluding carboxylic acids is 1. The highest BCUT2D eigenvalue weighted by molar-refractivity contribution is 7.13. The summed E-state index contributed by atoms with van der Waals surface area (Å²) < 4.78 is 10.9. The van der Waals surface area contributed by atoms with Crippen LogP contribution in [-0.2, 0) is 0 Å². The maximum absolute atomic E-state index is 12.5. The Bertz CT molecular complexity index is 816. The van der Waals surface area contributed by atoms with E-state index < -0.39 is 12.0 Å². The number of thiazole rings is 1. The molecule has 0 saturated heterocycles. The third kappa shape index (κ3) is 4.51. The summed E-state index contributed by atoms with van der Waals surface area (Å²) in [6.45, 7) is 7.21. The lowest BCUT2D eigenvalue weighted by Gasteiger charge is -2.15. The third-order valence-corrected chi connectivity index (χ3v) is 4.84. The topological polar surface area (TPSA) is 97.8 Å². The Morgan fingerprint density at radius 1 is 1.23 bits per heavy atom. The van der Waals surface area contributed by atoms with E-state index in [9.17, 15) is 9.59 Å². The fourth-order valence-electron chi connectivity index (χ4n) is 2.30. The number of rotatable bonds is 7. The summed E-state index contributed by atoms with van der Waals surface area (Å²) in [5.74, 6) is -0.294. The molecule has 1 unspecified atom stereocenters. The van der Waals surface area contributed by atoms with E-state index in [1.807, 2.05) is 13.8 Å². The molecule has 1 heterocycles. The van der Waals surface area contributed by atoms with E-state index in [4.69, 9.17) is 14.6 Å². The molecular weight excluding hydrogens is 356 g/mol. The van der Waals surface area contributed by atoms with Crippen molar-refractivity contribution in [2.24, 2.45) is 0 Å². The maximum atomic E-state index is 12.5. The number of benzene rings is 1.